The molecule has 5 nitrogen and oxygen atoms in total. The number of hydrogen-bond donors (Lipinski definition) is 1. The lowest BCUT2D eigenvalue weighted by molar-refractivity contribution is 0.0951. The van der Waals surface area contributed by atoms with Gasteiger partial charge in [-0.2, -0.15) is 0 Å². The summed E-state index contributed by atoms with van der Waals surface area (Å²) in [5.41, 5.74) is 4.26. The van der Waals surface area contributed by atoms with E-state index in [0.29, 0.717) is 29.4 Å². The van der Waals surface area contributed by atoms with Crippen LogP contribution in [0, 0.1) is 6.92 Å². The Balaban J connectivity index is 1.51. The fraction of sp³-hybridized carbons (Fsp3) is 0.125. The maximum atomic E-state index is 12.6. The lowest BCUT2D eigenvalue weighted by Crippen LogP contribution is -2.25. The Kier molecular flexibility index (Phi) is 5.63. The molecule has 150 valence electrons. The smallest absolute Gasteiger partial charge is 0.272 e. The van der Waals surface area contributed by atoms with Gasteiger partial charge in [0, 0.05) is 17.1 Å². The Labute approximate surface area is 179 Å². The second kappa shape index (κ2) is 8.51. The predicted octanol–water partition coefficient (Wildman–Crippen LogP) is 4.34. The van der Waals surface area contributed by atoms with E-state index in [1.165, 1.54) is 0 Å². The van der Waals surface area contributed by atoms with Gasteiger partial charge in [-0.15, -0.1) is 0 Å². The maximum Gasteiger partial charge on any atom is 0.272 e. The molecule has 4 rings (SSSR count). The highest BCUT2D eigenvalue weighted by Crippen LogP contribution is 2.15. The van der Waals surface area contributed by atoms with E-state index in [1.54, 1.807) is 29.7 Å². The zero-order chi connectivity index (χ0) is 21.1. The molecule has 1 aromatic heterocycles. The fourth-order valence-electron chi connectivity index (χ4n) is 3.34. The molecule has 0 spiro atoms. The topological polar surface area (TPSA) is 64.0 Å². The minimum atomic E-state index is -0.177. The first-order chi connectivity index (χ1) is 14.5. The Morgan fingerprint density at radius 1 is 1.00 bits per heavy atom. The van der Waals surface area contributed by atoms with E-state index in [-0.39, 0.29) is 11.5 Å². The third-order valence-electron chi connectivity index (χ3n) is 4.97. The van der Waals surface area contributed by atoms with Crippen molar-refractivity contribution in [1.82, 2.24) is 14.9 Å². The van der Waals surface area contributed by atoms with Gasteiger partial charge < -0.3 is 9.88 Å². The van der Waals surface area contributed by atoms with E-state index in [9.17, 15) is 9.59 Å². The monoisotopic (exact) mass is 417 g/mol. The molecule has 0 aliphatic rings. The van der Waals surface area contributed by atoms with Crippen molar-refractivity contribution < 1.29 is 4.79 Å². The van der Waals surface area contributed by atoms with Crippen molar-refractivity contribution in [2.24, 2.45) is 0 Å². The molecule has 0 unspecified atom stereocenters. The van der Waals surface area contributed by atoms with Gasteiger partial charge in [0.05, 0.1) is 17.6 Å². The van der Waals surface area contributed by atoms with Crippen LogP contribution in [0.5, 0.6) is 0 Å². The van der Waals surface area contributed by atoms with Gasteiger partial charge in [-0.25, -0.2) is 4.98 Å². The van der Waals surface area contributed by atoms with Gasteiger partial charge in [0.1, 0.15) is 5.69 Å². The number of carbonyl (C=O) groups excluding carboxylic acids is 1. The molecule has 4 aromatic rings. The van der Waals surface area contributed by atoms with Gasteiger partial charge in [0.2, 0.25) is 0 Å². The van der Waals surface area contributed by atoms with E-state index in [2.05, 4.69) is 10.3 Å². The molecular weight excluding hydrogens is 398 g/mol. The number of fused-ring (bicyclic) bond motifs is 1. The SMILES string of the molecule is Cc1nc2ccccc2n(Cc2ccc(C(=O)NCc3ccccc3Cl)cc2)c1=O. The first-order valence-electron chi connectivity index (χ1n) is 9.59. The summed E-state index contributed by atoms with van der Waals surface area (Å²) < 4.78 is 1.71. The van der Waals surface area contributed by atoms with Crippen LogP contribution in [0.2, 0.25) is 5.02 Å². The highest BCUT2D eigenvalue weighted by Gasteiger charge is 2.10. The van der Waals surface area contributed by atoms with E-state index in [1.807, 2.05) is 54.6 Å². The number of aromatic nitrogens is 2. The van der Waals surface area contributed by atoms with Crippen LogP contribution >= 0.6 is 11.6 Å². The zero-order valence-corrected chi connectivity index (χ0v) is 17.2. The van der Waals surface area contributed by atoms with Crippen molar-refractivity contribution in [2.45, 2.75) is 20.0 Å². The molecule has 1 N–H and O–H groups in total. The van der Waals surface area contributed by atoms with Gasteiger partial charge >= 0.3 is 0 Å². The second-order valence-electron chi connectivity index (χ2n) is 7.05. The largest absolute Gasteiger partial charge is 0.348 e. The number of halogens is 1. The van der Waals surface area contributed by atoms with Crippen molar-refractivity contribution in [3.63, 3.8) is 0 Å². The molecule has 0 aliphatic heterocycles. The minimum absolute atomic E-state index is 0.116. The number of nitrogens with zero attached hydrogens (tertiary/aromatic N) is 2. The summed E-state index contributed by atoms with van der Waals surface area (Å²) >= 11 is 6.13. The second-order valence-corrected chi connectivity index (χ2v) is 7.46. The fourth-order valence-corrected chi connectivity index (χ4v) is 3.54. The molecule has 1 heterocycles. The summed E-state index contributed by atoms with van der Waals surface area (Å²) in [4.78, 5) is 29.5. The van der Waals surface area contributed by atoms with Crippen LogP contribution in [0.3, 0.4) is 0 Å². The van der Waals surface area contributed by atoms with Crippen molar-refractivity contribution in [2.75, 3.05) is 0 Å². The van der Waals surface area contributed by atoms with Gasteiger partial charge in [-0.3, -0.25) is 9.59 Å². The van der Waals surface area contributed by atoms with Crippen LogP contribution in [-0.4, -0.2) is 15.5 Å². The summed E-state index contributed by atoms with van der Waals surface area (Å²) in [7, 11) is 0. The molecule has 0 bridgehead atoms. The summed E-state index contributed by atoms with van der Waals surface area (Å²) in [5, 5.41) is 3.50. The number of benzene rings is 3. The maximum absolute atomic E-state index is 12.6. The third kappa shape index (κ3) is 4.11. The number of hydrogen-bond acceptors (Lipinski definition) is 3. The third-order valence-corrected chi connectivity index (χ3v) is 5.34. The molecule has 0 saturated carbocycles. The van der Waals surface area contributed by atoms with Gasteiger partial charge in [-0.1, -0.05) is 54.1 Å². The van der Waals surface area contributed by atoms with Crippen LogP contribution in [0.1, 0.15) is 27.2 Å². The average Bonchev–Trinajstić information content (AvgIpc) is 2.76. The first-order valence-corrected chi connectivity index (χ1v) is 9.97. The number of para-hydroxylation sites is 2. The number of nitrogens with one attached hydrogen (secondary N) is 1. The molecular formula is C24H20ClN3O2. The molecule has 3 aromatic carbocycles. The quantitative estimate of drug-likeness (QED) is 0.525. The molecule has 6 heteroatoms. The van der Waals surface area contributed by atoms with E-state index in [0.717, 1.165) is 22.2 Å². The lowest BCUT2D eigenvalue weighted by Gasteiger charge is -2.12. The van der Waals surface area contributed by atoms with E-state index >= 15 is 0 Å². The molecule has 1 amide bonds. The van der Waals surface area contributed by atoms with Crippen molar-refractivity contribution in [3.05, 3.63) is 111 Å². The Bertz CT molecular complexity index is 1280. The minimum Gasteiger partial charge on any atom is -0.348 e. The van der Waals surface area contributed by atoms with E-state index in [4.69, 9.17) is 11.6 Å². The molecule has 0 radical (unpaired) electrons. The van der Waals surface area contributed by atoms with Crippen LogP contribution in [0.4, 0.5) is 0 Å². The summed E-state index contributed by atoms with van der Waals surface area (Å²) in [5.74, 6) is -0.177. The molecule has 0 aliphatic carbocycles. The van der Waals surface area contributed by atoms with Gasteiger partial charge in [0.25, 0.3) is 11.5 Å². The van der Waals surface area contributed by atoms with Crippen molar-refractivity contribution in [3.8, 4) is 0 Å². The number of amides is 1. The summed E-state index contributed by atoms with van der Waals surface area (Å²) in [6, 6.07) is 22.2. The van der Waals surface area contributed by atoms with Gasteiger partial charge in [0.15, 0.2) is 0 Å². The molecule has 0 fully saturated rings. The summed E-state index contributed by atoms with van der Waals surface area (Å²) in [6.07, 6.45) is 0. The normalized spacial score (nSPS) is 10.9. The lowest BCUT2D eigenvalue weighted by atomic mass is 10.1. The molecule has 30 heavy (non-hydrogen) atoms. The van der Waals surface area contributed by atoms with Crippen molar-refractivity contribution in [1.29, 1.82) is 0 Å². The number of carbonyl (C=O) groups is 1. The number of rotatable bonds is 5. The first kappa shape index (κ1) is 19.9. The highest BCUT2D eigenvalue weighted by molar-refractivity contribution is 6.31. The average molecular weight is 418 g/mol. The van der Waals surface area contributed by atoms with Crippen LogP contribution in [-0.2, 0) is 13.1 Å². The van der Waals surface area contributed by atoms with Crippen LogP contribution < -0.4 is 10.9 Å². The predicted molar refractivity (Wildman–Crippen MR) is 119 cm³/mol. The van der Waals surface area contributed by atoms with Crippen LogP contribution in [0.25, 0.3) is 11.0 Å². The Hall–Kier alpha value is -3.44. The molecule has 0 atom stereocenters. The van der Waals surface area contributed by atoms with Gasteiger partial charge in [-0.05, 0) is 48.4 Å². The zero-order valence-electron chi connectivity index (χ0n) is 16.4. The van der Waals surface area contributed by atoms with E-state index < -0.39 is 0 Å². The van der Waals surface area contributed by atoms with Crippen molar-refractivity contribution >= 4 is 28.5 Å². The summed E-state index contributed by atoms with van der Waals surface area (Å²) in [6.45, 7) is 2.49. The standard InChI is InChI=1S/C24H20ClN3O2/c1-16-24(30)28(22-9-5-4-8-21(22)27-16)15-17-10-12-18(13-11-17)23(29)26-14-19-6-2-3-7-20(19)25/h2-13H,14-15H2,1H3,(H,26,29). The van der Waals surface area contributed by atoms with Crippen LogP contribution in [0.15, 0.2) is 77.6 Å². The Morgan fingerprint density at radius 2 is 1.70 bits per heavy atom. The number of aryl methyl sites for hydroxylation is 1. The molecule has 0 saturated heterocycles. The highest BCUT2D eigenvalue weighted by atomic mass is 35.5. The Morgan fingerprint density at radius 3 is 2.47 bits per heavy atom.